The molecule has 1 aliphatic heterocycles. The van der Waals surface area contributed by atoms with Gasteiger partial charge in [0.15, 0.2) is 6.23 Å². The minimum atomic E-state index is -4.74. The van der Waals surface area contributed by atoms with Gasteiger partial charge in [-0.25, -0.2) is 14.5 Å². The number of benzene rings is 2. The summed E-state index contributed by atoms with van der Waals surface area (Å²) in [4.78, 5) is 37.9. The van der Waals surface area contributed by atoms with Crippen molar-refractivity contribution in [3.05, 3.63) is 59.7 Å². The van der Waals surface area contributed by atoms with Crippen molar-refractivity contribution in [1.29, 1.82) is 0 Å². The van der Waals surface area contributed by atoms with Crippen LogP contribution in [0.1, 0.15) is 55.5 Å². The minimum absolute atomic E-state index is 0.0921. The average Bonchev–Trinajstić information content (AvgIpc) is 2.85. The molecule has 0 bridgehead atoms. The third kappa shape index (κ3) is 6.52. The van der Waals surface area contributed by atoms with Gasteiger partial charge in [0, 0.05) is 6.54 Å². The van der Waals surface area contributed by atoms with Crippen molar-refractivity contribution in [2.24, 2.45) is 5.41 Å². The van der Waals surface area contributed by atoms with E-state index in [0.717, 1.165) is 10.5 Å². The van der Waals surface area contributed by atoms with E-state index in [1.54, 1.807) is 12.1 Å². The molecule has 1 fully saturated rings. The smallest absolute Gasteiger partial charge is 0.478 e. The number of carboxylic acid groups (broad SMARTS) is 1. The molecule has 1 saturated heterocycles. The van der Waals surface area contributed by atoms with Crippen molar-refractivity contribution in [2.45, 2.75) is 58.5 Å². The Bertz CT molecular complexity index is 1100. The number of alkyl halides is 3. The first-order valence-electron chi connectivity index (χ1n) is 12.0. The van der Waals surface area contributed by atoms with Gasteiger partial charge in [-0.15, -0.1) is 13.2 Å². The predicted octanol–water partition coefficient (Wildman–Crippen LogP) is 5.37. The number of ether oxygens (including phenoxy) is 2. The molecule has 11 heteroatoms. The van der Waals surface area contributed by atoms with E-state index in [0.29, 0.717) is 44.4 Å². The molecule has 0 radical (unpaired) electrons. The van der Waals surface area contributed by atoms with E-state index in [2.05, 4.69) is 10.1 Å². The fourth-order valence-corrected chi connectivity index (χ4v) is 4.30. The van der Waals surface area contributed by atoms with Gasteiger partial charge < -0.3 is 19.9 Å². The van der Waals surface area contributed by atoms with E-state index in [9.17, 15) is 27.6 Å². The molecule has 0 aliphatic carbocycles. The first-order valence-corrected chi connectivity index (χ1v) is 12.0. The van der Waals surface area contributed by atoms with Gasteiger partial charge in [-0.05, 0) is 74.1 Å². The van der Waals surface area contributed by atoms with Crippen molar-refractivity contribution in [2.75, 3.05) is 6.54 Å². The number of carbonyl (C=O) groups excluding carboxylic acids is 2. The van der Waals surface area contributed by atoms with E-state index in [-0.39, 0.29) is 17.2 Å². The van der Waals surface area contributed by atoms with Crippen LogP contribution in [0.15, 0.2) is 48.5 Å². The molecule has 2 N–H and O–H groups in total. The Labute approximate surface area is 212 Å². The van der Waals surface area contributed by atoms with Crippen LogP contribution >= 0.6 is 0 Å². The summed E-state index contributed by atoms with van der Waals surface area (Å²) in [6, 6.07) is 10.8. The van der Waals surface area contributed by atoms with Gasteiger partial charge in [-0.3, -0.25) is 4.79 Å². The molecule has 1 atom stereocenters. The number of likely N-dealkylation sites (tertiary alicyclic amines) is 1. The zero-order valence-corrected chi connectivity index (χ0v) is 20.5. The summed E-state index contributed by atoms with van der Waals surface area (Å²) in [6.45, 7) is 3.99. The largest absolute Gasteiger partial charge is 0.573 e. The van der Waals surface area contributed by atoms with Gasteiger partial charge in [-0.1, -0.05) is 26.0 Å². The number of aryl methyl sites for hydroxylation is 1. The lowest BCUT2D eigenvalue weighted by Crippen LogP contribution is -2.73. The molecule has 2 aromatic rings. The van der Waals surface area contributed by atoms with Gasteiger partial charge in [0.2, 0.25) is 5.91 Å². The van der Waals surface area contributed by atoms with Gasteiger partial charge in [0.1, 0.15) is 16.9 Å². The Morgan fingerprint density at radius 3 is 2.14 bits per heavy atom. The molecule has 3 rings (SSSR count). The standard InChI is InChI=1S/C26H29F3N2O6/c1-3-25(4-2)22(34)31(23(25)36-19-14-10-18(11-15-19)21(32)33)24(35)30-16-6-5-7-17-8-12-20(13-9-17)37-26(27,28)29/h8-15,23H,3-7,16H2,1-2H3,(H,30,35)(H,32,33)/t23-/m0/s1. The quantitative estimate of drug-likeness (QED) is 0.304. The molecule has 1 heterocycles. The fourth-order valence-electron chi connectivity index (χ4n) is 4.30. The topological polar surface area (TPSA) is 105 Å². The first kappa shape index (κ1) is 27.8. The molecule has 37 heavy (non-hydrogen) atoms. The minimum Gasteiger partial charge on any atom is -0.478 e. The third-order valence-electron chi connectivity index (χ3n) is 6.51. The molecular weight excluding hydrogens is 493 g/mol. The van der Waals surface area contributed by atoms with Crippen molar-refractivity contribution >= 4 is 17.9 Å². The van der Waals surface area contributed by atoms with Crippen LogP contribution in [0.4, 0.5) is 18.0 Å². The van der Waals surface area contributed by atoms with Crippen LogP contribution in [0.5, 0.6) is 11.5 Å². The Morgan fingerprint density at radius 1 is 1.00 bits per heavy atom. The lowest BCUT2D eigenvalue weighted by Gasteiger charge is -2.53. The maximum Gasteiger partial charge on any atom is 0.573 e. The highest BCUT2D eigenvalue weighted by molar-refractivity contribution is 6.03. The molecule has 0 spiro atoms. The number of urea groups is 1. The van der Waals surface area contributed by atoms with Crippen molar-refractivity contribution in [3.8, 4) is 11.5 Å². The number of rotatable bonds is 11. The van der Waals surface area contributed by atoms with Crippen LogP contribution in [-0.4, -0.2) is 47.0 Å². The van der Waals surface area contributed by atoms with Gasteiger partial charge in [-0.2, -0.15) is 0 Å². The number of carboxylic acids is 1. The molecule has 8 nitrogen and oxygen atoms in total. The van der Waals surface area contributed by atoms with Crippen LogP contribution < -0.4 is 14.8 Å². The Balaban J connectivity index is 1.52. The summed E-state index contributed by atoms with van der Waals surface area (Å²) in [5.74, 6) is -1.34. The number of amides is 3. The second kappa shape index (κ2) is 11.5. The highest BCUT2D eigenvalue weighted by atomic mass is 19.4. The highest BCUT2D eigenvalue weighted by Crippen LogP contribution is 2.46. The van der Waals surface area contributed by atoms with E-state index >= 15 is 0 Å². The molecule has 1 aliphatic rings. The summed E-state index contributed by atoms with van der Waals surface area (Å²) < 4.78 is 46.6. The number of β-lactam (4-membered cyclic amide) rings is 1. The maximum atomic E-state index is 12.9. The third-order valence-corrected chi connectivity index (χ3v) is 6.51. The Kier molecular flexibility index (Phi) is 8.67. The van der Waals surface area contributed by atoms with Gasteiger partial charge in [0.05, 0.1) is 5.56 Å². The molecule has 200 valence electrons. The predicted molar refractivity (Wildman–Crippen MR) is 127 cm³/mol. The number of hydrogen-bond donors (Lipinski definition) is 2. The lowest BCUT2D eigenvalue weighted by atomic mass is 9.72. The SMILES string of the molecule is CCC1(CC)C(=O)N(C(=O)NCCCCc2ccc(OC(F)(F)F)cc2)[C@H]1Oc1ccc(C(=O)O)cc1. The Hall–Kier alpha value is -3.76. The summed E-state index contributed by atoms with van der Waals surface area (Å²) in [5.41, 5.74) is 0.0661. The number of carbonyl (C=O) groups is 3. The van der Waals surface area contributed by atoms with E-state index in [1.165, 1.54) is 36.4 Å². The van der Waals surface area contributed by atoms with Crippen LogP contribution in [0.25, 0.3) is 0 Å². The molecule has 0 saturated carbocycles. The first-order chi connectivity index (χ1) is 17.5. The second-order valence-electron chi connectivity index (χ2n) is 8.72. The van der Waals surface area contributed by atoms with Crippen LogP contribution in [0, 0.1) is 5.41 Å². The highest BCUT2D eigenvalue weighted by Gasteiger charge is 2.62. The summed E-state index contributed by atoms with van der Waals surface area (Å²) in [5, 5.41) is 11.8. The van der Waals surface area contributed by atoms with Crippen LogP contribution in [0.3, 0.4) is 0 Å². The number of unbranched alkanes of at least 4 members (excludes halogenated alkanes) is 1. The second-order valence-corrected chi connectivity index (χ2v) is 8.72. The average molecular weight is 523 g/mol. The lowest BCUT2D eigenvalue weighted by molar-refractivity contribution is -0.274. The molecule has 3 amide bonds. The van der Waals surface area contributed by atoms with E-state index in [1.807, 2.05) is 13.8 Å². The number of imide groups is 1. The molecular formula is C26H29F3N2O6. The molecule has 0 unspecified atom stereocenters. The zero-order chi connectivity index (χ0) is 27.2. The van der Waals surface area contributed by atoms with Crippen LogP contribution in [0.2, 0.25) is 0 Å². The Morgan fingerprint density at radius 2 is 1.59 bits per heavy atom. The van der Waals surface area contributed by atoms with Crippen molar-refractivity contribution in [1.82, 2.24) is 10.2 Å². The number of nitrogens with one attached hydrogen (secondary N) is 1. The van der Waals surface area contributed by atoms with Crippen LogP contribution in [-0.2, 0) is 11.2 Å². The number of hydrogen-bond acceptors (Lipinski definition) is 5. The van der Waals surface area contributed by atoms with Crippen molar-refractivity contribution < 1.29 is 42.1 Å². The van der Waals surface area contributed by atoms with E-state index in [4.69, 9.17) is 9.84 Å². The fraction of sp³-hybridized carbons (Fsp3) is 0.423. The number of halogens is 3. The van der Waals surface area contributed by atoms with E-state index < -0.39 is 30.0 Å². The number of nitrogens with zero attached hydrogens (tertiary/aromatic N) is 1. The summed E-state index contributed by atoms with van der Waals surface area (Å²) in [7, 11) is 0. The monoisotopic (exact) mass is 522 g/mol. The van der Waals surface area contributed by atoms with Gasteiger partial charge in [0.25, 0.3) is 0 Å². The molecule has 2 aromatic carbocycles. The summed E-state index contributed by atoms with van der Waals surface area (Å²) >= 11 is 0. The summed E-state index contributed by atoms with van der Waals surface area (Å²) in [6.07, 6.45) is -2.78. The van der Waals surface area contributed by atoms with Gasteiger partial charge >= 0.3 is 18.4 Å². The maximum absolute atomic E-state index is 12.9. The molecule has 0 aromatic heterocycles. The normalized spacial score (nSPS) is 16.6. The zero-order valence-electron chi connectivity index (χ0n) is 20.5. The van der Waals surface area contributed by atoms with Crippen molar-refractivity contribution in [3.63, 3.8) is 0 Å². The number of aromatic carboxylic acids is 1.